The molecule has 0 radical (unpaired) electrons. The summed E-state index contributed by atoms with van der Waals surface area (Å²) in [5.41, 5.74) is 1.98. The average Bonchev–Trinajstić information content (AvgIpc) is 2.74. The molecule has 1 aromatic heterocycles. The van der Waals surface area contributed by atoms with E-state index in [1.165, 1.54) is 0 Å². The van der Waals surface area contributed by atoms with Crippen LogP contribution in [0, 0.1) is 0 Å². The van der Waals surface area contributed by atoms with E-state index in [0.29, 0.717) is 24.0 Å². The third kappa shape index (κ3) is 5.03. The van der Waals surface area contributed by atoms with Crippen LogP contribution >= 0.6 is 0 Å². The van der Waals surface area contributed by atoms with Gasteiger partial charge in [-0.2, -0.15) is 0 Å². The van der Waals surface area contributed by atoms with Crippen LogP contribution in [0.3, 0.4) is 0 Å². The summed E-state index contributed by atoms with van der Waals surface area (Å²) >= 11 is 0. The SMILES string of the molecule is CCOB(OC(C)(C)CC)c1nc(-c2ccccc2)nc(-c2ccccc2)n1. The van der Waals surface area contributed by atoms with Crippen molar-refractivity contribution in [2.45, 2.75) is 39.7 Å². The highest BCUT2D eigenvalue weighted by Gasteiger charge is 2.33. The molecule has 3 rings (SSSR count). The van der Waals surface area contributed by atoms with Gasteiger partial charge in [0.2, 0.25) is 0 Å². The van der Waals surface area contributed by atoms with Gasteiger partial charge < -0.3 is 9.31 Å². The van der Waals surface area contributed by atoms with E-state index in [4.69, 9.17) is 24.3 Å². The van der Waals surface area contributed by atoms with Crippen molar-refractivity contribution in [2.75, 3.05) is 6.61 Å². The Hall–Kier alpha value is -2.57. The molecule has 144 valence electrons. The van der Waals surface area contributed by atoms with Gasteiger partial charge in [-0.25, -0.2) is 15.0 Å². The summed E-state index contributed by atoms with van der Waals surface area (Å²) in [6.45, 7) is 8.60. The van der Waals surface area contributed by atoms with Gasteiger partial charge in [-0.3, -0.25) is 0 Å². The third-order valence-electron chi connectivity index (χ3n) is 4.52. The molecule has 0 atom stereocenters. The first kappa shape index (κ1) is 20.2. The summed E-state index contributed by atoms with van der Waals surface area (Å²) in [5.74, 6) is 1.21. The molecular weight excluding hydrogens is 349 g/mol. The Kier molecular flexibility index (Phi) is 6.55. The number of rotatable bonds is 8. The van der Waals surface area contributed by atoms with E-state index in [1.807, 2.05) is 81.4 Å². The highest BCUT2D eigenvalue weighted by Crippen LogP contribution is 2.20. The average molecular weight is 375 g/mol. The number of aromatic nitrogens is 3. The van der Waals surface area contributed by atoms with E-state index in [2.05, 4.69) is 6.92 Å². The maximum atomic E-state index is 6.22. The molecule has 6 heteroatoms. The molecule has 3 aromatic rings. The van der Waals surface area contributed by atoms with E-state index in [1.54, 1.807) is 0 Å². The van der Waals surface area contributed by atoms with Gasteiger partial charge in [0.1, 0.15) is 0 Å². The smallest absolute Gasteiger partial charge is 0.406 e. The van der Waals surface area contributed by atoms with Crippen molar-refractivity contribution in [1.82, 2.24) is 15.0 Å². The van der Waals surface area contributed by atoms with E-state index >= 15 is 0 Å². The van der Waals surface area contributed by atoms with Crippen LogP contribution in [0.25, 0.3) is 22.8 Å². The van der Waals surface area contributed by atoms with Crippen LogP contribution in [0.5, 0.6) is 0 Å². The predicted octanol–water partition coefficient (Wildman–Crippen LogP) is 4.14. The molecule has 0 amide bonds. The second-order valence-electron chi connectivity index (χ2n) is 7.09. The van der Waals surface area contributed by atoms with Gasteiger partial charge in [-0.1, -0.05) is 67.6 Å². The first-order valence-corrected chi connectivity index (χ1v) is 9.68. The van der Waals surface area contributed by atoms with Crippen molar-refractivity contribution in [3.8, 4) is 22.8 Å². The molecule has 0 aliphatic heterocycles. The van der Waals surface area contributed by atoms with E-state index in [0.717, 1.165) is 17.5 Å². The van der Waals surface area contributed by atoms with Crippen LogP contribution in [-0.4, -0.2) is 34.3 Å². The van der Waals surface area contributed by atoms with Gasteiger partial charge in [-0.15, -0.1) is 0 Å². The monoisotopic (exact) mass is 375 g/mol. The van der Waals surface area contributed by atoms with Crippen LogP contribution in [0.2, 0.25) is 0 Å². The third-order valence-corrected chi connectivity index (χ3v) is 4.52. The lowest BCUT2D eigenvalue weighted by Gasteiger charge is -2.27. The van der Waals surface area contributed by atoms with Crippen LogP contribution in [0.1, 0.15) is 34.1 Å². The van der Waals surface area contributed by atoms with Crippen LogP contribution in [0.4, 0.5) is 0 Å². The van der Waals surface area contributed by atoms with Gasteiger partial charge in [0.25, 0.3) is 0 Å². The van der Waals surface area contributed by atoms with Crippen LogP contribution in [0.15, 0.2) is 60.7 Å². The minimum Gasteiger partial charge on any atom is -0.406 e. The zero-order valence-electron chi connectivity index (χ0n) is 16.9. The molecule has 0 aliphatic carbocycles. The van der Waals surface area contributed by atoms with E-state index in [-0.39, 0.29) is 5.60 Å². The van der Waals surface area contributed by atoms with Crippen molar-refractivity contribution in [3.05, 3.63) is 60.7 Å². The fraction of sp³-hybridized carbons (Fsp3) is 0.318. The number of benzene rings is 2. The summed E-state index contributed by atoms with van der Waals surface area (Å²) in [4.78, 5) is 14.1. The zero-order chi connectivity index (χ0) is 20.0. The normalized spacial score (nSPS) is 11.4. The highest BCUT2D eigenvalue weighted by atomic mass is 16.6. The molecule has 2 aromatic carbocycles. The largest absolute Gasteiger partial charge is 0.534 e. The summed E-state index contributed by atoms with van der Waals surface area (Å²) < 4.78 is 12.1. The molecule has 0 aliphatic rings. The standard InChI is InChI=1S/C22H26BN3O2/c1-5-22(3,4)28-23(27-6-2)21-25-19(17-13-9-7-10-14-17)24-20(26-21)18-15-11-8-12-16-18/h7-16H,5-6H2,1-4H3. The van der Waals surface area contributed by atoms with Crippen LogP contribution in [-0.2, 0) is 9.31 Å². The first-order valence-electron chi connectivity index (χ1n) is 9.68. The molecule has 0 saturated carbocycles. The zero-order valence-corrected chi connectivity index (χ0v) is 16.9. The minimum absolute atomic E-state index is 0.355. The number of hydrogen-bond acceptors (Lipinski definition) is 5. The van der Waals surface area contributed by atoms with Gasteiger partial charge >= 0.3 is 7.12 Å². The number of hydrogen-bond donors (Lipinski definition) is 0. The van der Waals surface area contributed by atoms with Gasteiger partial charge in [-0.05, 0) is 27.2 Å². The van der Waals surface area contributed by atoms with E-state index in [9.17, 15) is 0 Å². The molecule has 0 spiro atoms. The Morgan fingerprint density at radius 1 is 0.786 bits per heavy atom. The molecule has 0 bridgehead atoms. The lowest BCUT2D eigenvalue weighted by molar-refractivity contribution is 0.0698. The Morgan fingerprint density at radius 2 is 1.29 bits per heavy atom. The minimum atomic E-state index is -0.659. The lowest BCUT2D eigenvalue weighted by atomic mass is 9.85. The predicted molar refractivity (Wildman–Crippen MR) is 113 cm³/mol. The fourth-order valence-corrected chi connectivity index (χ4v) is 2.62. The quantitative estimate of drug-likeness (QED) is 0.554. The van der Waals surface area contributed by atoms with Crippen molar-refractivity contribution in [1.29, 1.82) is 0 Å². The molecule has 0 unspecified atom stereocenters. The molecule has 28 heavy (non-hydrogen) atoms. The van der Waals surface area contributed by atoms with Crippen molar-refractivity contribution < 1.29 is 9.31 Å². The summed E-state index contributed by atoms with van der Waals surface area (Å²) in [6, 6.07) is 19.8. The summed E-state index contributed by atoms with van der Waals surface area (Å²) in [7, 11) is -0.659. The lowest BCUT2D eigenvalue weighted by Crippen LogP contribution is -2.47. The van der Waals surface area contributed by atoms with E-state index < -0.39 is 7.12 Å². The highest BCUT2D eigenvalue weighted by molar-refractivity contribution is 6.59. The second-order valence-corrected chi connectivity index (χ2v) is 7.09. The Bertz CT molecular complexity index is 831. The Labute approximate surface area is 167 Å². The molecule has 5 nitrogen and oxygen atoms in total. The summed E-state index contributed by atoms with van der Waals surface area (Å²) in [6.07, 6.45) is 0.846. The second kappa shape index (κ2) is 9.08. The van der Waals surface area contributed by atoms with Crippen molar-refractivity contribution >= 4 is 12.8 Å². The fourth-order valence-electron chi connectivity index (χ4n) is 2.62. The molecule has 0 saturated heterocycles. The Morgan fingerprint density at radius 3 is 1.71 bits per heavy atom. The topological polar surface area (TPSA) is 57.1 Å². The molecular formula is C22H26BN3O2. The maximum Gasteiger partial charge on any atom is 0.534 e. The van der Waals surface area contributed by atoms with Crippen molar-refractivity contribution in [3.63, 3.8) is 0 Å². The van der Waals surface area contributed by atoms with Crippen LogP contribution < -0.4 is 5.72 Å². The van der Waals surface area contributed by atoms with Gasteiger partial charge in [0, 0.05) is 23.3 Å². The first-order chi connectivity index (χ1) is 13.5. The molecule has 0 N–H and O–H groups in total. The summed E-state index contributed by atoms with van der Waals surface area (Å²) in [5, 5.41) is 0. The van der Waals surface area contributed by atoms with Crippen molar-refractivity contribution in [2.24, 2.45) is 0 Å². The van der Waals surface area contributed by atoms with Gasteiger partial charge in [0.05, 0.1) is 0 Å². The number of nitrogens with zero attached hydrogens (tertiary/aromatic N) is 3. The van der Waals surface area contributed by atoms with Gasteiger partial charge in [0.15, 0.2) is 17.4 Å². The Balaban J connectivity index is 2.10. The molecule has 1 heterocycles. The molecule has 0 fully saturated rings. The maximum absolute atomic E-state index is 6.22.